The maximum absolute atomic E-state index is 12.1. The van der Waals surface area contributed by atoms with Crippen molar-refractivity contribution in [1.82, 2.24) is 15.5 Å². The highest BCUT2D eigenvalue weighted by Gasteiger charge is 2.24. The number of nitrogen functional groups attached to an aromatic ring is 1. The Morgan fingerprint density at radius 2 is 2.50 bits per heavy atom. The molecule has 5 nitrogen and oxygen atoms in total. The molecule has 1 atom stereocenters. The summed E-state index contributed by atoms with van der Waals surface area (Å²) in [6.07, 6.45) is 4.67. The Balaban J connectivity index is 1.79. The minimum Gasteiger partial charge on any atom is -0.383 e. The molecule has 0 spiro atoms. The van der Waals surface area contributed by atoms with Crippen LogP contribution in [0.25, 0.3) is 0 Å². The summed E-state index contributed by atoms with van der Waals surface area (Å²) in [6, 6.07) is 2.20. The van der Waals surface area contributed by atoms with Gasteiger partial charge in [-0.2, -0.15) is 5.10 Å². The fourth-order valence-electron chi connectivity index (χ4n) is 2.35. The number of thiophene rings is 1. The largest absolute Gasteiger partial charge is 0.383 e. The Hall–Kier alpha value is -1.82. The molecule has 1 amide bonds. The first-order valence-corrected chi connectivity index (χ1v) is 6.79. The summed E-state index contributed by atoms with van der Waals surface area (Å²) in [6.45, 7) is 0. The summed E-state index contributed by atoms with van der Waals surface area (Å²) in [5.74, 6) is 0.152. The zero-order valence-electron chi connectivity index (χ0n) is 9.77. The molecule has 0 bridgehead atoms. The van der Waals surface area contributed by atoms with Crippen molar-refractivity contribution in [3.05, 3.63) is 33.6 Å². The summed E-state index contributed by atoms with van der Waals surface area (Å²) in [5, 5.41) is 11.4. The zero-order chi connectivity index (χ0) is 12.5. The number of nitrogens with two attached hydrogens (primary N) is 1. The van der Waals surface area contributed by atoms with Crippen LogP contribution >= 0.6 is 11.3 Å². The van der Waals surface area contributed by atoms with Crippen LogP contribution in [0, 0.1) is 0 Å². The van der Waals surface area contributed by atoms with Crippen molar-refractivity contribution in [1.29, 1.82) is 0 Å². The van der Waals surface area contributed by atoms with Crippen LogP contribution in [-0.4, -0.2) is 16.1 Å². The zero-order valence-corrected chi connectivity index (χ0v) is 10.6. The number of nitrogens with zero attached hydrogens (tertiary/aromatic N) is 1. The molecule has 0 aliphatic heterocycles. The van der Waals surface area contributed by atoms with E-state index in [9.17, 15) is 4.79 Å². The SMILES string of the molecule is Nc1[nH]ncc1C(=O)NC1CCCc2sccc21. The van der Waals surface area contributed by atoms with Crippen LogP contribution in [-0.2, 0) is 6.42 Å². The average Bonchev–Trinajstić information content (AvgIpc) is 2.97. The van der Waals surface area contributed by atoms with E-state index in [1.54, 1.807) is 11.3 Å². The lowest BCUT2D eigenvalue weighted by molar-refractivity contribution is 0.0934. The number of nitrogens with one attached hydrogen (secondary N) is 2. The molecule has 94 valence electrons. The number of fused-ring (bicyclic) bond motifs is 1. The van der Waals surface area contributed by atoms with Crippen LogP contribution in [0.3, 0.4) is 0 Å². The van der Waals surface area contributed by atoms with E-state index in [-0.39, 0.29) is 11.9 Å². The fourth-order valence-corrected chi connectivity index (χ4v) is 3.34. The highest BCUT2D eigenvalue weighted by atomic mass is 32.1. The van der Waals surface area contributed by atoms with Crippen LogP contribution in [0.15, 0.2) is 17.6 Å². The Morgan fingerprint density at radius 3 is 3.28 bits per heavy atom. The van der Waals surface area contributed by atoms with Gasteiger partial charge in [0.25, 0.3) is 5.91 Å². The van der Waals surface area contributed by atoms with E-state index < -0.39 is 0 Å². The van der Waals surface area contributed by atoms with Gasteiger partial charge < -0.3 is 11.1 Å². The molecule has 2 aromatic rings. The molecule has 0 radical (unpaired) electrons. The van der Waals surface area contributed by atoms with Crippen molar-refractivity contribution >= 4 is 23.1 Å². The van der Waals surface area contributed by atoms with Crippen LogP contribution in [0.2, 0.25) is 0 Å². The molecule has 4 N–H and O–H groups in total. The third kappa shape index (κ3) is 1.88. The minimum atomic E-state index is -0.162. The van der Waals surface area contributed by atoms with Crippen molar-refractivity contribution in [2.24, 2.45) is 0 Å². The van der Waals surface area contributed by atoms with E-state index in [1.807, 2.05) is 0 Å². The number of aryl methyl sites for hydroxylation is 1. The molecule has 2 aromatic heterocycles. The summed E-state index contributed by atoms with van der Waals surface area (Å²) in [5.41, 5.74) is 7.31. The Morgan fingerprint density at radius 1 is 1.61 bits per heavy atom. The van der Waals surface area contributed by atoms with Gasteiger partial charge in [0.05, 0.1) is 12.2 Å². The Kier molecular flexibility index (Phi) is 2.79. The number of anilines is 1. The first kappa shape index (κ1) is 11.3. The smallest absolute Gasteiger partial charge is 0.257 e. The molecule has 0 saturated carbocycles. The molecule has 2 heterocycles. The molecule has 1 unspecified atom stereocenters. The Labute approximate surface area is 108 Å². The lowest BCUT2D eigenvalue weighted by Gasteiger charge is -2.23. The highest BCUT2D eigenvalue weighted by molar-refractivity contribution is 7.10. The van der Waals surface area contributed by atoms with E-state index >= 15 is 0 Å². The van der Waals surface area contributed by atoms with Crippen molar-refractivity contribution in [3.63, 3.8) is 0 Å². The van der Waals surface area contributed by atoms with Gasteiger partial charge in [0.15, 0.2) is 0 Å². The van der Waals surface area contributed by atoms with Gasteiger partial charge in [-0.1, -0.05) is 0 Å². The third-order valence-corrected chi connectivity index (χ3v) is 4.27. The maximum Gasteiger partial charge on any atom is 0.257 e. The lowest BCUT2D eigenvalue weighted by atomic mass is 9.94. The topological polar surface area (TPSA) is 83.8 Å². The quantitative estimate of drug-likeness (QED) is 0.772. The van der Waals surface area contributed by atoms with E-state index in [4.69, 9.17) is 5.73 Å². The first-order valence-electron chi connectivity index (χ1n) is 5.91. The van der Waals surface area contributed by atoms with Crippen molar-refractivity contribution in [2.45, 2.75) is 25.3 Å². The lowest BCUT2D eigenvalue weighted by Crippen LogP contribution is -2.30. The normalized spacial score (nSPS) is 18.3. The second-order valence-electron chi connectivity index (χ2n) is 4.41. The van der Waals surface area contributed by atoms with E-state index in [0.29, 0.717) is 11.4 Å². The molecule has 0 saturated heterocycles. The molecule has 0 fully saturated rings. The number of hydrogen-bond acceptors (Lipinski definition) is 4. The van der Waals surface area contributed by atoms with Crippen molar-refractivity contribution in [3.8, 4) is 0 Å². The van der Waals surface area contributed by atoms with Gasteiger partial charge in [0.2, 0.25) is 0 Å². The van der Waals surface area contributed by atoms with Gasteiger partial charge in [0, 0.05) is 4.88 Å². The summed E-state index contributed by atoms with van der Waals surface area (Å²) in [7, 11) is 0. The minimum absolute atomic E-state index is 0.0989. The van der Waals surface area contributed by atoms with Gasteiger partial charge >= 0.3 is 0 Å². The molecule has 0 aromatic carbocycles. The maximum atomic E-state index is 12.1. The number of aromatic amines is 1. The molecule has 1 aliphatic carbocycles. The molecule has 3 rings (SSSR count). The first-order chi connectivity index (χ1) is 8.75. The van der Waals surface area contributed by atoms with Crippen molar-refractivity contribution in [2.75, 3.05) is 5.73 Å². The van der Waals surface area contributed by atoms with Crippen LogP contribution < -0.4 is 11.1 Å². The molecular formula is C12H14N4OS. The monoisotopic (exact) mass is 262 g/mol. The van der Waals surface area contributed by atoms with Gasteiger partial charge in [-0.3, -0.25) is 9.89 Å². The second kappa shape index (κ2) is 4.45. The second-order valence-corrected chi connectivity index (χ2v) is 5.42. The predicted molar refractivity (Wildman–Crippen MR) is 70.5 cm³/mol. The molecule has 1 aliphatic rings. The molecule has 18 heavy (non-hydrogen) atoms. The fraction of sp³-hybridized carbons (Fsp3) is 0.333. The van der Waals surface area contributed by atoms with Gasteiger partial charge in [-0.25, -0.2) is 0 Å². The van der Waals surface area contributed by atoms with E-state index in [0.717, 1.165) is 19.3 Å². The average molecular weight is 262 g/mol. The highest BCUT2D eigenvalue weighted by Crippen LogP contribution is 2.33. The number of carbonyl (C=O) groups excluding carboxylic acids is 1. The molecule has 6 heteroatoms. The van der Waals surface area contributed by atoms with E-state index in [2.05, 4.69) is 27.0 Å². The number of aromatic nitrogens is 2. The number of H-pyrrole nitrogens is 1. The van der Waals surface area contributed by atoms with Crippen molar-refractivity contribution < 1.29 is 4.79 Å². The third-order valence-electron chi connectivity index (χ3n) is 3.27. The van der Waals surface area contributed by atoms with Crippen LogP contribution in [0.1, 0.15) is 39.7 Å². The standard InChI is InChI=1S/C12H14N4OS/c13-11-8(6-14-16-11)12(17)15-9-2-1-3-10-7(9)4-5-18-10/h4-6,9H,1-3H2,(H,15,17)(H3,13,14,16). The number of rotatable bonds is 2. The van der Waals surface area contributed by atoms with Crippen LogP contribution in [0.5, 0.6) is 0 Å². The predicted octanol–water partition coefficient (Wildman–Crippen LogP) is 1.86. The van der Waals surface area contributed by atoms with Gasteiger partial charge in [-0.05, 0) is 36.3 Å². The van der Waals surface area contributed by atoms with Gasteiger partial charge in [-0.15, -0.1) is 11.3 Å². The van der Waals surface area contributed by atoms with Crippen LogP contribution in [0.4, 0.5) is 5.82 Å². The summed E-state index contributed by atoms with van der Waals surface area (Å²) >= 11 is 1.76. The van der Waals surface area contributed by atoms with Gasteiger partial charge in [0.1, 0.15) is 11.4 Å². The van der Waals surface area contributed by atoms with E-state index in [1.165, 1.54) is 16.6 Å². The number of carbonyl (C=O) groups is 1. The molecular weight excluding hydrogens is 248 g/mol. The summed E-state index contributed by atoms with van der Waals surface area (Å²) < 4.78 is 0. The number of hydrogen-bond donors (Lipinski definition) is 3. The number of amides is 1. The summed E-state index contributed by atoms with van der Waals surface area (Å²) in [4.78, 5) is 13.5. The Bertz CT molecular complexity index is 574.